The molecule has 0 unspecified atom stereocenters. The van der Waals surface area contributed by atoms with Crippen molar-refractivity contribution in [3.8, 4) is 0 Å². The minimum Gasteiger partial charge on any atom is -0.368 e. The molecule has 2 saturated heterocycles. The van der Waals surface area contributed by atoms with Crippen molar-refractivity contribution in [3.63, 3.8) is 0 Å². The lowest BCUT2D eigenvalue weighted by atomic mass is 10.1. The summed E-state index contributed by atoms with van der Waals surface area (Å²) in [6.07, 6.45) is 4.13. The summed E-state index contributed by atoms with van der Waals surface area (Å²) in [7, 11) is 0. The normalized spacial score (nSPS) is 18.9. The second kappa shape index (κ2) is 8.75. The van der Waals surface area contributed by atoms with E-state index in [4.69, 9.17) is 0 Å². The number of rotatable bonds is 4. The van der Waals surface area contributed by atoms with Crippen LogP contribution >= 0.6 is 0 Å². The maximum Gasteiger partial charge on any atom is 0.194 e. The smallest absolute Gasteiger partial charge is 0.194 e. The highest BCUT2D eigenvalue weighted by atomic mass is 16.1. The number of fused-ring (bicyclic) bond motifs is 2. The second-order valence-electron chi connectivity index (χ2n) is 8.72. The monoisotopic (exact) mass is 401 g/mol. The Balaban J connectivity index is 1.39. The molecule has 3 aromatic carbocycles. The fraction of sp³-hybridized carbons (Fsp3) is 0.423. The molecule has 5 rings (SSSR count). The SMILES string of the molecule is O=c1c2ccccc2cc(N2CCN(CCN3CCCCC3)CC2)c2ccccc12. The number of hydrogen-bond donors (Lipinski definition) is 0. The molecule has 4 nitrogen and oxygen atoms in total. The van der Waals surface area contributed by atoms with Crippen LogP contribution < -0.4 is 10.3 Å². The summed E-state index contributed by atoms with van der Waals surface area (Å²) < 4.78 is 0. The van der Waals surface area contributed by atoms with E-state index >= 15 is 0 Å². The molecule has 30 heavy (non-hydrogen) atoms. The van der Waals surface area contributed by atoms with Gasteiger partial charge in [0.25, 0.3) is 0 Å². The Morgan fingerprint density at radius 3 is 1.97 bits per heavy atom. The van der Waals surface area contributed by atoms with Gasteiger partial charge in [0.1, 0.15) is 0 Å². The molecule has 2 aliphatic heterocycles. The molecule has 0 saturated carbocycles. The number of hydrogen-bond acceptors (Lipinski definition) is 4. The first-order valence-corrected chi connectivity index (χ1v) is 11.4. The van der Waals surface area contributed by atoms with Crippen LogP contribution in [0.4, 0.5) is 5.69 Å². The van der Waals surface area contributed by atoms with E-state index in [9.17, 15) is 4.79 Å². The predicted octanol–water partition coefficient (Wildman–Crippen LogP) is 3.96. The van der Waals surface area contributed by atoms with E-state index in [1.54, 1.807) is 0 Å². The van der Waals surface area contributed by atoms with Crippen molar-refractivity contribution in [1.29, 1.82) is 0 Å². The topological polar surface area (TPSA) is 26.8 Å². The molecule has 2 aliphatic rings. The molecule has 0 aromatic heterocycles. The summed E-state index contributed by atoms with van der Waals surface area (Å²) in [5.41, 5.74) is 1.33. The number of piperidine rings is 1. The first kappa shape index (κ1) is 19.5. The highest BCUT2D eigenvalue weighted by molar-refractivity contribution is 6.01. The van der Waals surface area contributed by atoms with Crippen LogP contribution in [0.2, 0.25) is 0 Å². The third-order valence-corrected chi connectivity index (χ3v) is 6.84. The third-order valence-electron chi connectivity index (χ3n) is 6.84. The average molecular weight is 402 g/mol. The van der Waals surface area contributed by atoms with E-state index in [0.29, 0.717) is 0 Å². The Hall–Kier alpha value is -2.43. The van der Waals surface area contributed by atoms with Crippen LogP contribution in [0.3, 0.4) is 0 Å². The summed E-state index contributed by atoms with van der Waals surface area (Å²) in [4.78, 5) is 20.9. The van der Waals surface area contributed by atoms with Gasteiger partial charge in [-0.05, 0) is 37.4 Å². The highest BCUT2D eigenvalue weighted by Crippen LogP contribution is 2.28. The molecular formula is C26H31N3O. The number of piperazine rings is 1. The molecule has 3 aromatic rings. The zero-order valence-electron chi connectivity index (χ0n) is 17.7. The Kier molecular flexibility index (Phi) is 5.69. The van der Waals surface area contributed by atoms with Crippen LogP contribution in [0.25, 0.3) is 21.5 Å². The Morgan fingerprint density at radius 1 is 0.633 bits per heavy atom. The summed E-state index contributed by atoms with van der Waals surface area (Å²) in [6.45, 7) is 9.12. The van der Waals surface area contributed by atoms with Crippen LogP contribution in [0, 0.1) is 0 Å². The minimum atomic E-state index is 0.132. The van der Waals surface area contributed by atoms with Crippen molar-refractivity contribution in [2.45, 2.75) is 19.3 Å². The molecule has 0 amide bonds. The van der Waals surface area contributed by atoms with E-state index in [0.717, 1.165) is 47.7 Å². The average Bonchev–Trinajstić information content (AvgIpc) is 2.94. The molecule has 0 bridgehead atoms. The van der Waals surface area contributed by atoms with Crippen LogP contribution in [0.15, 0.2) is 59.4 Å². The minimum absolute atomic E-state index is 0.132. The lowest BCUT2D eigenvalue weighted by Gasteiger charge is -2.37. The molecule has 156 valence electrons. The fourth-order valence-electron chi connectivity index (χ4n) is 5.04. The van der Waals surface area contributed by atoms with E-state index in [1.165, 1.54) is 51.1 Å². The van der Waals surface area contributed by atoms with Crippen molar-refractivity contribution in [1.82, 2.24) is 9.80 Å². The number of likely N-dealkylation sites (tertiary alicyclic amines) is 1. The van der Waals surface area contributed by atoms with Gasteiger partial charge in [-0.2, -0.15) is 0 Å². The molecule has 2 fully saturated rings. The number of nitrogens with zero attached hydrogens (tertiary/aromatic N) is 3. The maximum atomic E-state index is 13.2. The fourth-order valence-corrected chi connectivity index (χ4v) is 5.04. The van der Waals surface area contributed by atoms with Gasteiger partial charge >= 0.3 is 0 Å². The molecule has 4 heteroatoms. The Labute approximate surface area is 178 Å². The zero-order chi connectivity index (χ0) is 20.3. The molecular weight excluding hydrogens is 370 g/mol. The van der Waals surface area contributed by atoms with E-state index in [1.807, 2.05) is 36.4 Å². The lowest BCUT2D eigenvalue weighted by molar-refractivity contribution is 0.177. The second-order valence-corrected chi connectivity index (χ2v) is 8.72. The Bertz CT molecular complexity index is 1080. The van der Waals surface area contributed by atoms with Gasteiger partial charge in [0.05, 0.1) is 0 Å². The standard InChI is InChI=1S/C26H31N3O/c30-26-22-9-3-2-8-21(22)20-25(23-10-4-5-11-24(23)26)29-18-16-28(17-19-29)15-14-27-12-6-1-7-13-27/h2-5,8-11,20H,1,6-7,12-19H2. The van der Waals surface area contributed by atoms with E-state index < -0.39 is 0 Å². The van der Waals surface area contributed by atoms with E-state index in [2.05, 4.69) is 32.9 Å². The van der Waals surface area contributed by atoms with Crippen molar-refractivity contribution < 1.29 is 0 Å². The van der Waals surface area contributed by atoms with Gasteiger partial charge in [0, 0.05) is 61.1 Å². The van der Waals surface area contributed by atoms with Gasteiger partial charge in [-0.3, -0.25) is 9.69 Å². The molecule has 0 spiro atoms. The highest BCUT2D eigenvalue weighted by Gasteiger charge is 2.20. The number of benzene rings is 2. The van der Waals surface area contributed by atoms with Crippen LogP contribution in [-0.2, 0) is 0 Å². The zero-order valence-corrected chi connectivity index (χ0v) is 17.7. The van der Waals surface area contributed by atoms with Gasteiger partial charge in [-0.15, -0.1) is 0 Å². The van der Waals surface area contributed by atoms with Gasteiger partial charge in [0.15, 0.2) is 5.43 Å². The van der Waals surface area contributed by atoms with Crippen LogP contribution in [-0.4, -0.2) is 62.2 Å². The van der Waals surface area contributed by atoms with Gasteiger partial charge in [-0.1, -0.05) is 55.0 Å². The van der Waals surface area contributed by atoms with Gasteiger partial charge < -0.3 is 9.80 Å². The Morgan fingerprint density at radius 2 is 1.23 bits per heavy atom. The third kappa shape index (κ3) is 3.94. The van der Waals surface area contributed by atoms with Crippen molar-refractivity contribution >= 4 is 27.2 Å². The molecule has 0 aliphatic carbocycles. The van der Waals surface area contributed by atoms with Crippen LogP contribution in [0.5, 0.6) is 0 Å². The molecule has 2 heterocycles. The summed E-state index contributed by atoms with van der Waals surface area (Å²) in [5.74, 6) is 0. The van der Waals surface area contributed by atoms with Crippen molar-refractivity contribution in [2.24, 2.45) is 0 Å². The first-order chi connectivity index (χ1) is 14.8. The molecule has 0 N–H and O–H groups in total. The largest absolute Gasteiger partial charge is 0.368 e. The molecule has 0 atom stereocenters. The van der Waals surface area contributed by atoms with Crippen molar-refractivity contribution in [2.75, 3.05) is 57.3 Å². The quantitative estimate of drug-likeness (QED) is 0.661. The maximum absolute atomic E-state index is 13.2. The predicted molar refractivity (Wildman–Crippen MR) is 127 cm³/mol. The summed E-state index contributed by atoms with van der Waals surface area (Å²) >= 11 is 0. The molecule has 0 radical (unpaired) electrons. The summed E-state index contributed by atoms with van der Waals surface area (Å²) in [6, 6.07) is 18.3. The van der Waals surface area contributed by atoms with Gasteiger partial charge in [0.2, 0.25) is 0 Å². The first-order valence-electron chi connectivity index (χ1n) is 11.4. The van der Waals surface area contributed by atoms with Crippen LogP contribution in [0.1, 0.15) is 19.3 Å². The van der Waals surface area contributed by atoms with Gasteiger partial charge in [-0.25, -0.2) is 0 Å². The summed E-state index contributed by atoms with van der Waals surface area (Å²) in [5, 5.41) is 3.73. The lowest BCUT2D eigenvalue weighted by Crippen LogP contribution is -2.48. The number of anilines is 1. The van der Waals surface area contributed by atoms with E-state index in [-0.39, 0.29) is 5.43 Å². The van der Waals surface area contributed by atoms with Crippen molar-refractivity contribution in [3.05, 3.63) is 64.8 Å².